The topological polar surface area (TPSA) is 49.8 Å². The number of nitrogens with zero attached hydrogens (tertiary/aromatic N) is 1. The monoisotopic (exact) mass is 291 g/mol. The van der Waals surface area contributed by atoms with Gasteiger partial charge in [-0.15, -0.1) is 0 Å². The van der Waals surface area contributed by atoms with E-state index in [9.17, 15) is 4.79 Å². The van der Waals surface area contributed by atoms with E-state index in [2.05, 4.69) is 24.0 Å². The van der Waals surface area contributed by atoms with Gasteiger partial charge in [0, 0.05) is 12.6 Å². The van der Waals surface area contributed by atoms with Crippen molar-refractivity contribution in [1.82, 2.24) is 4.90 Å². The lowest BCUT2D eigenvalue weighted by Gasteiger charge is -2.35. The minimum absolute atomic E-state index is 0.163. The molecule has 0 saturated carbocycles. The highest BCUT2D eigenvalue weighted by molar-refractivity contribution is 5.67. The summed E-state index contributed by atoms with van der Waals surface area (Å²) in [4.78, 5) is 13.3. The van der Waals surface area contributed by atoms with Crippen LogP contribution in [0.3, 0.4) is 0 Å². The molecule has 1 unspecified atom stereocenters. The quantitative estimate of drug-likeness (QED) is 0.837. The Morgan fingerprint density at radius 3 is 3.05 bits per heavy atom. The molecule has 2 rings (SSSR count). The maximum Gasteiger partial charge on any atom is 0.304 e. The summed E-state index contributed by atoms with van der Waals surface area (Å²) in [6.07, 6.45) is 4.51. The van der Waals surface area contributed by atoms with E-state index in [-0.39, 0.29) is 12.5 Å². The first-order valence-electron chi connectivity index (χ1n) is 7.86. The van der Waals surface area contributed by atoms with Gasteiger partial charge in [-0.05, 0) is 43.5 Å². The van der Waals surface area contributed by atoms with Crippen molar-refractivity contribution < 1.29 is 14.6 Å². The van der Waals surface area contributed by atoms with Gasteiger partial charge < -0.3 is 9.84 Å². The highest BCUT2D eigenvalue weighted by Crippen LogP contribution is 2.23. The minimum atomic E-state index is -0.702. The van der Waals surface area contributed by atoms with Gasteiger partial charge in [0.25, 0.3) is 0 Å². The molecule has 0 bridgehead atoms. The second-order valence-corrected chi connectivity index (χ2v) is 5.71. The molecule has 1 fully saturated rings. The summed E-state index contributed by atoms with van der Waals surface area (Å²) in [6.45, 7) is 4.61. The van der Waals surface area contributed by atoms with Crippen LogP contribution < -0.4 is 4.74 Å². The lowest BCUT2D eigenvalue weighted by Crippen LogP contribution is -2.40. The summed E-state index contributed by atoms with van der Waals surface area (Å²) < 4.78 is 5.66. The summed E-state index contributed by atoms with van der Waals surface area (Å²) >= 11 is 0. The smallest absolute Gasteiger partial charge is 0.304 e. The first-order chi connectivity index (χ1) is 10.2. The second kappa shape index (κ2) is 8.03. The Morgan fingerprint density at radius 1 is 1.43 bits per heavy atom. The molecule has 1 aliphatic rings. The zero-order valence-electron chi connectivity index (χ0n) is 12.8. The first kappa shape index (κ1) is 15.8. The van der Waals surface area contributed by atoms with E-state index in [1.54, 1.807) is 0 Å². The molecule has 0 radical (unpaired) electrons. The molecule has 116 valence electrons. The summed E-state index contributed by atoms with van der Waals surface area (Å²) in [5.41, 5.74) is 1.20. The van der Waals surface area contributed by atoms with Gasteiger partial charge in [0.05, 0.1) is 13.0 Å². The molecular weight excluding hydrogens is 266 g/mol. The predicted molar refractivity (Wildman–Crippen MR) is 82.5 cm³/mol. The van der Waals surface area contributed by atoms with Gasteiger partial charge >= 0.3 is 5.97 Å². The van der Waals surface area contributed by atoms with Crippen molar-refractivity contribution in [3.63, 3.8) is 0 Å². The zero-order chi connectivity index (χ0) is 15.1. The van der Waals surface area contributed by atoms with Crippen molar-refractivity contribution in [2.75, 3.05) is 13.2 Å². The van der Waals surface area contributed by atoms with E-state index < -0.39 is 5.97 Å². The van der Waals surface area contributed by atoms with Crippen LogP contribution in [0.5, 0.6) is 5.75 Å². The lowest BCUT2D eigenvalue weighted by molar-refractivity contribution is -0.138. The normalized spacial score (nSPS) is 19.4. The molecule has 1 aromatic carbocycles. The van der Waals surface area contributed by atoms with Gasteiger partial charge in [-0.3, -0.25) is 9.69 Å². The van der Waals surface area contributed by atoms with Crippen LogP contribution in [0.15, 0.2) is 24.3 Å². The SMILES string of the molecule is CCCOc1cccc(CN2CCCCC2CC(=O)O)c1. The number of carboxylic acids is 1. The van der Waals surface area contributed by atoms with Crippen LogP contribution in [-0.4, -0.2) is 35.2 Å². The fourth-order valence-electron chi connectivity index (χ4n) is 2.89. The number of carboxylic acid groups (broad SMARTS) is 1. The average molecular weight is 291 g/mol. The Balaban J connectivity index is 1.99. The third-order valence-electron chi connectivity index (χ3n) is 3.92. The largest absolute Gasteiger partial charge is 0.494 e. The van der Waals surface area contributed by atoms with Crippen LogP contribution in [0.1, 0.15) is 44.6 Å². The zero-order valence-corrected chi connectivity index (χ0v) is 12.8. The molecule has 1 N–H and O–H groups in total. The predicted octanol–water partition coefficient (Wildman–Crippen LogP) is 3.30. The van der Waals surface area contributed by atoms with Crippen LogP contribution in [-0.2, 0) is 11.3 Å². The van der Waals surface area contributed by atoms with Crippen molar-refractivity contribution in [3.8, 4) is 5.75 Å². The molecule has 0 spiro atoms. The summed E-state index contributed by atoms with van der Waals surface area (Å²) in [5.74, 6) is 0.202. The van der Waals surface area contributed by atoms with E-state index >= 15 is 0 Å². The molecule has 1 aliphatic heterocycles. The fraction of sp³-hybridized carbons (Fsp3) is 0.588. The third kappa shape index (κ3) is 5.05. The molecule has 4 heteroatoms. The molecule has 0 aliphatic carbocycles. The first-order valence-corrected chi connectivity index (χ1v) is 7.86. The van der Waals surface area contributed by atoms with E-state index in [4.69, 9.17) is 9.84 Å². The van der Waals surface area contributed by atoms with Crippen molar-refractivity contribution >= 4 is 5.97 Å². The van der Waals surface area contributed by atoms with E-state index in [0.717, 1.165) is 51.1 Å². The van der Waals surface area contributed by atoms with Crippen LogP contribution in [0.25, 0.3) is 0 Å². The Morgan fingerprint density at radius 2 is 2.29 bits per heavy atom. The van der Waals surface area contributed by atoms with Crippen molar-refractivity contribution in [1.29, 1.82) is 0 Å². The van der Waals surface area contributed by atoms with Crippen molar-refractivity contribution in [2.45, 2.75) is 51.6 Å². The lowest BCUT2D eigenvalue weighted by atomic mass is 9.98. The van der Waals surface area contributed by atoms with Crippen LogP contribution >= 0.6 is 0 Å². The van der Waals surface area contributed by atoms with Gasteiger partial charge in [-0.25, -0.2) is 0 Å². The van der Waals surface area contributed by atoms with E-state index in [1.807, 2.05) is 12.1 Å². The maximum atomic E-state index is 11.0. The molecule has 21 heavy (non-hydrogen) atoms. The molecule has 1 heterocycles. The van der Waals surface area contributed by atoms with Crippen molar-refractivity contribution in [2.24, 2.45) is 0 Å². The number of aliphatic carboxylic acids is 1. The van der Waals surface area contributed by atoms with Crippen LogP contribution in [0, 0.1) is 0 Å². The number of hydrogen-bond donors (Lipinski definition) is 1. The van der Waals surface area contributed by atoms with E-state index in [0.29, 0.717) is 0 Å². The molecule has 1 saturated heterocycles. The Bertz CT molecular complexity index is 461. The van der Waals surface area contributed by atoms with Crippen LogP contribution in [0.4, 0.5) is 0 Å². The maximum absolute atomic E-state index is 11.0. The third-order valence-corrected chi connectivity index (χ3v) is 3.92. The molecule has 0 amide bonds. The number of rotatable bonds is 7. The standard InChI is InChI=1S/C17H25NO3/c1-2-10-21-16-8-5-6-14(11-16)13-18-9-4-3-7-15(18)12-17(19)20/h5-6,8,11,15H,2-4,7,9-10,12-13H2,1H3,(H,19,20). The van der Waals surface area contributed by atoms with Crippen LogP contribution in [0.2, 0.25) is 0 Å². The molecule has 1 atom stereocenters. The number of likely N-dealkylation sites (tertiary alicyclic amines) is 1. The molecule has 0 aromatic heterocycles. The highest BCUT2D eigenvalue weighted by Gasteiger charge is 2.24. The fourth-order valence-corrected chi connectivity index (χ4v) is 2.89. The molecule has 4 nitrogen and oxygen atoms in total. The summed E-state index contributed by atoms with van der Waals surface area (Å²) in [7, 11) is 0. The summed E-state index contributed by atoms with van der Waals surface area (Å²) in [5, 5.41) is 9.04. The minimum Gasteiger partial charge on any atom is -0.494 e. The van der Waals surface area contributed by atoms with Gasteiger partial charge in [-0.1, -0.05) is 25.5 Å². The number of ether oxygens (including phenoxy) is 1. The molecular formula is C17H25NO3. The van der Waals surface area contributed by atoms with Crippen molar-refractivity contribution in [3.05, 3.63) is 29.8 Å². The Hall–Kier alpha value is -1.55. The highest BCUT2D eigenvalue weighted by atomic mass is 16.5. The number of benzene rings is 1. The number of carbonyl (C=O) groups is 1. The second-order valence-electron chi connectivity index (χ2n) is 5.71. The van der Waals surface area contributed by atoms with Gasteiger partial charge in [0.2, 0.25) is 0 Å². The average Bonchev–Trinajstić information content (AvgIpc) is 2.47. The van der Waals surface area contributed by atoms with Gasteiger partial charge in [0.15, 0.2) is 0 Å². The molecule has 1 aromatic rings. The van der Waals surface area contributed by atoms with Gasteiger partial charge in [0.1, 0.15) is 5.75 Å². The number of piperidine rings is 1. The van der Waals surface area contributed by atoms with E-state index in [1.165, 1.54) is 5.56 Å². The van der Waals surface area contributed by atoms with Gasteiger partial charge in [-0.2, -0.15) is 0 Å². The Kier molecular flexibility index (Phi) is 6.05. The summed E-state index contributed by atoms with van der Waals surface area (Å²) in [6, 6.07) is 8.31. The Labute approximate surface area is 126 Å². The number of hydrogen-bond acceptors (Lipinski definition) is 3.